The average molecular weight is 338 g/mol. The summed E-state index contributed by atoms with van der Waals surface area (Å²) in [6.45, 7) is 3.35. The molecule has 25 heavy (non-hydrogen) atoms. The molecule has 3 N–H and O–H groups in total. The highest BCUT2D eigenvalue weighted by Gasteiger charge is 2.32. The summed E-state index contributed by atoms with van der Waals surface area (Å²) in [6.07, 6.45) is 2.46. The molecule has 2 atom stereocenters. The number of hydrogen-bond acceptors (Lipinski definition) is 6. The molecular weight excluding hydrogens is 320 g/mol. The number of carbonyl (C=O) groups excluding carboxylic acids is 1. The maximum atomic E-state index is 12.1. The van der Waals surface area contributed by atoms with Gasteiger partial charge in [-0.3, -0.25) is 14.6 Å². The lowest BCUT2D eigenvalue weighted by Gasteiger charge is -2.37. The molecule has 3 aromatic heterocycles. The van der Waals surface area contributed by atoms with Gasteiger partial charge < -0.3 is 10.6 Å². The van der Waals surface area contributed by atoms with E-state index in [0.717, 1.165) is 17.3 Å². The summed E-state index contributed by atoms with van der Waals surface area (Å²) in [5, 5.41) is 21.2. The van der Waals surface area contributed by atoms with Crippen LogP contribution in [0.1, 0.15) is 25.8 Å². The lowest BCUT2D eigenvalue weighted by molar-refractivity contribution is -0.132. The van der Waals surface area contributed by atoms with E-state index in [2.05, 4.69) is 27.2 Å². The van der Waals surface area contributed by atoms with Crippen LogP contribution in [0.3, 0.4) is 0 Å². The van der Waals surface area contributed by atoms with Gasteiger partial charge in [0.25, 0.3) is 0 Å². The number of nitrogens with two attached hydrogens (primary N) is 1. The number of nitriles is 1. The summed E-state index contributed by atoms with van der Waals surface area (Å²) >= 11 is 0. The molecule has 0 saturated carbocycles. The molecule has 128 valence electrons. The van der Waals surface area contributed by atoms with Crippen LogP contribution in [0, 0.1) is 17.2 Å². The van der Waals surface area contributed by atoms with Crippen molar-refractivity contribution in [3.63, 3.8) is 0 Å². The van der Waals surface area contributed by atoms with Gasteiger partial charge in [-0.15, -0.1) is 10.2 Å². The topological polar surface area (TPSA) is 130 Å². The second-order valence-corrected chi connectivity index (χ2v) is 6.48. The molecule has 0 aromatic carbocycles. The van der Waals surface area contributed by atoms with Crippen LogP contribution in [-0.4, -0.2) is 48.9 Å². The van der Waals surface area contributed by atoms with Gasteiger partial charge in [0, 0.05) is 19.3 Å². The third-order valence-corrected chi connectivity index (χ3v) is 4.97. The first-order valence-electron chi connectivity index (χ1n) is 8.21. The van der Waals surface area contributed by atoms with E-state index in [0.29, 0.717) is 36.0 Å². The van der Waals surface area contributed by atoms with Crippen LogP contribution in [0.2, 0.25) is 0 Å². The summed E-state index contributed by atoms with van der Waals surface area (Å²) in [7, 11) is 0. The Morgan fingerprint density at radius 3 is 3.16 bits per heavy atom. The second-order valence-electron chi connectivity index (χ2n) is 6.48. The van der Waals surface area contributed by atoms with Crippen LogP contribution in [0.4, 0.5) is 5.82 Å². The van der Waals surface area contributed by atoms with Crippen molar-refractivity contribution in [3.05, 3.63) is 12.3 Å². The maximum absolute atomic E-state index is 12.1. The number of nitrogens with one attached hydrogen (secondary N) is 1. The number of H-pyrrole nitrogens is 1. The highest BCUT2D eigenvalue weighted by atomic mass is 16.2. The molecule has 3 aromatic rings. The van der Waals surface area contributed by atoms with Gasteiger partial charge in [0.05, 0.1) is 17.5 Å². The predicted octanol–water partition coefficient (Wildman–Crippen LogP) is 1.21. The number of likely N-dealkylation sites (tertiary alicyclic amines) is 1. The standard InChI is InChI=1S/C16H18N8O/c1-9-4-7-23(12(25)2-5-17)8-11(9)24-14-10-3-6-19-16(10)21-20-13(14)15(18)22-24/h3,6,9,11,22H,2,4,7-8,18H2,1H3/t9-,11+/m1/s1. The first kappa shape index (κ1) is 15.4. The third-order valence-electron chi connectivity index (χ3n) is 4.97. The summed E-state index contributed by atoms with van der Waals surface area (Å²) in [5.74, 6) is 0.644. The normalized spacial score (nSPS) is 20.9. The van der Waals surface area contributed by atoms with Crippen molar-refractivity contribution in [1.82, 2.24) is 29.9 Å². The minimum Gasteiger partial charge on any atom is -0.382 e. The molecule has 0 radical (unpaired) electrons. The number of nitrogen functional groups attached to an aromatic ring is 1. The molecule has 0 spiro atoms. The van der Waals surface area contributed by atoms with Crippen molar-refractivity contribution in [2.45, 2.75) is 25.8 Å². The van der Waals surface area contributed by atoms with Gasteiger partial charge in [-0.05, 0) is 18.4 Å². The molecule has 0 aliphatic carbocycles. The number of aromatic nitrogens is 5. The van der Waals surface area contributed by atoms with Crippen LogP contribution in [0.5, 0.6) is 0 Å². The number of amides is 1. The number of hydrogen-bond donors (Lipinski definition) is 2. The zero-order chi connectivity index (χ0) is 17.6. The van der Waals surface area contributed by atoms with E-state index in [1.54, 1.807) is 11.1 Å². The lowest BCUT2D eigenvalue weighted by Crippen LogP contribution is -2.44. The Morgan fingerprint density at radius 1 is 1.52 bits per heavy atom. The van der Waals surface area contributed by atoms with Crippen LogP contribution < -0.4 is 5.73 Å². The molecule has 9 nitrogen and oxygen atoms in total. The Kier molecular flexibility index (Phi) is 3.53. The molecule has 1 amide bonds. The summed E-state index contributed by atoms with van der Waals surface area (Å²) in [6, 6.07) is 3.84. The Morgan fingerprint density at radius 2 is 2.36 bits per heavy atom. The minimum absolute atomic E-state index is 0.0125. The SMILES string of the molecule is C[C@@H]1CCN(C(=O)CC#N)C[C@@H]1n1[nH]c(N)c2nnc3nccc3c21. The molecule has 9 heteroatoms. The van der Waals surface area contributed by atoms with Gasteiger partial charge in [-0.2, -0.15) is 5.26 Å². The van der Waals surface area contributed by atoms with Gasteiger partial charge in [0.1, 0.15) is 17.8 Å². The molecular formula is C16H18N8O. The van der Waals surface area contributed by atoms with E-state index < -0.39 is 0 Å². The highest BCUT2D eigenvalue weighted by Crippen LogP contribution is 2.34. The molecule has 1 fully saturated rings. The first-order valence-corrected chi connectivity index (χ1v) is 8.21. The molecule has 1 aliphatic rings. The van der Waals surface area contributed by atoms with E-state index in [-0.39, 0.29) is 18.4 Å². The number of aromatic amines is 1. The number of fused-ring (bicyclic) bond motifs is 3. The number of piperidine rings is 1. The van der Waals surface area contributed by atoms with Gasteiger partial charge in [0.2, 0.25) is 5.91 Å². The first-order chi connectivity index (χ1) is 12.1. The smallest absolute Gasteiger partial charge is 0.236 e. The van der Waals surface area contributed by atoms with E-state index in [4.69, 9.17) is 11.0 Å². The van der Waals surface area contributed by atoms with E-state index in [9.17, 15) is 4.79 Å². The Bertz CT molecular complexity index is 997. The van der Waals surface area contributed by atoms with Gasteiger partial charge >= 0.3 is 0 Å². The van der Waals surface area contributed by atoms with Crippen molar-refractivity contribution in [2.24, 2.45) is 5.92 Å². The number of rotatable bonds is 2. The lowest BCUT2D eigenvalue weighted by atomic mass is 9.93. The second kappa shape index (κ2) is 5.73. The number of carbonyl (C=O) groups is 1. The fraction of sp³-hybridized carbons (Fsp3) is 0.438. The van der Waals surface area contributed by atoms with E-state index in [1.165, 1.54) is 0 Å². The van der Waals surface area contributed by atoms with Crippen LogP contribution in [0.15, 0.2) is 12.3 Å². The zero-order valence-electron chi connectivity index (χ0n) is 13.8. The summed E-state index contributed by atoms with van der Waals surface area (Å²) < 4.78 is 1.99. The van der Waals surface area contributed by atoms with E-state index >= 15 is 0 Å². The molecule has 4 heterocycles. The minimum atomic E-state index is -0.135. The van der Waals surface area contributed by atoms with Gasteiger partial charge in [0.15, 0.2) is 11.2 Å². The number of nitrogens with zero attached hydrogens (tertiary/aromatic N) is 6. The van der Waals surface area contributed by atoms with Crippen molar-refractivity contribution < 1.29 is 4.79 Å². The molecule has 1 saturated heterocycles. The van der Waals surface area contributed by atoms with Crippen molar-refractivity contribution >= 4 is 33.8 Å². The molecule has 0 unspecified atom stereocenters. The third kappa shape index (κ3) is 2.38. The molecule has 0 bridgehead atoms. The molecule has 4 rings (SSSR count). The quantitative estimate of drug-likeness (QED) is 0.722. The predicted molar refractivity (Wildman–Crippen MR) is 91.2 cm³/mol. The number of anilines is 1. The van der Waals surface area contributed by atoms with E-state index in [1.807, 2.05) is 16.8 Å². The van der Waals surface area contributed by atoms with Crippen molar-refractivity contribution in [3.8, 4) is 6.07 Å². The van der Waals surface area contributed by atoms with Crippen LogP contribution in [-0.2, 0) is 4.79 Å². The summed E-state index contributed by atoms with van der Waals surface area (Å²) in [5.41, 5.74) is 8.14. The Hall–Kier alpha value is -3.15. The van der Waals surface area contributed by atoms with Crippen molar-refractivity contribution in [1.29, 1.82) is 5.26 Å². The van der Waals surface area contributed by atoms with Crippen molar-refractivity contribution in [2.75, 3.05) is 18.8 Å². The zero-order valence-corrected chi connectivity index (χ0v) is 13.8. The average Bonchev–Trinajstić information content (AvgIpc) is 3.20. The Labute approximate surface area is 143 Å². The van der Waals surface area contributed by atoms with Crippen LogP contribution >= 0.6 is 0 Å². The highest BCUT2D eigenvalue weighted by molar-refractivity contribution is 6.03. The maximum Gasteiger partial charge on any atom is 0.236 e. The molecule has 1 aliphatic heterocycles. The fourth-order valence-corrected chi connectivity index (χ4v) is 3.57. The summed E-state index contributed by atoms with van der Waals surface area (Å²) in [4.78, 5) is 18.1. The monoisotopic (exact) mass is 338 g/mol. The van der Waals surface area contributed by atoms with Gasteiger partial charge in [-0.1, -0.05) is 6.92 Å². The largest absolute Gasteiger partial charge is 0.382 e. The van der Waals surface area contributed by atoms with Crippen LogP contribution in [0.25, 0.3) is 22.1 Å². The Balaban J connectivity index is 1.81. The fourth-order valence-electron chi connectivity index (χ4n) is 3.57. The van der Waals surface area contributed by atoms with Gasteiger partial charge in [-0.25, -0.2) is 4.98 Å².